The lowest BCUT2D eigenvalue weighted by Crippen LogP contribution is -2.22. The number of aromatic amines is 1. The van der Waals surface area contributed by atoms with E-state index in [-0.39, 0.29) is 11.4 Å². The predicted molar refractivity (Wildman–Crippen MR) is 86.3 cm³/mol. The number of nitrogens with one attached hydrogen (secondary N) is 2. The molecular weight excluding hydrogens is 294 g/mol. The highest BCUT2D eigenvalue weighted by atomic mass is 16.1. The van der Waals surface area contributed by atoms with Gasteiger partial charge in [-0.1, -0.05) is 30.3 Å². The molecule has 0 saturated heterocycles. The zero-order valence-electron chi connectivity index (χ0n) is 12.0. The molecule has 2 aromatic heterocycles. The third-order valence-electron chi connectivity index (χ3n) is 3.22. The molecule has 0 fully saturated rings. The summed E-state index contributed by atoms with van der Waals surface area (Å²) in [6, 6.07) is 12.4. The van der Waals surface area contributed by atoms with Crippen LogP contribution in [-0.2, 0) is 0 Å². The number of benzene rings is 1. The number of amides is 1. The van der Waals surface area contributed by atoms with Crippen LogP contribution in [0.2, 0.25) is 0 Å². The summed E-state index contributed by atoms with van der Waals surface area (Å²) in [5.74, 6) is -0.231. The Morgan fingerprint density at radius 1 is 1.17 bits per heavy atom. The topological polar surface area (TPSA) is 114 Å². The number of hydrogen-bond acceptors (Lipinski definition) is 5. The molecule has 0 aliphatic heterocycles. The Labute approximate surface area is 131 Å². The summed E-state index contributed by atoms with van der Waals surface area (Å²) < 4.78 is 0. The Balaban J connectivity index is 2.12. The van der Waals surface area contributed by atoms with Crippen molar-refractivity contribution in [1.29, 1.82) is 0 Å². The van der Waals surface area contributed by atoms with E-state index in [9.17, 15) is 9.59 Å². The van der Waals surface area contributed by atoms with Gasteiger partial charge in [-0.2, -0.15) is 0 Å². The molecule has 0 aliphatic rings. The first-order valence-corrected chi connectivity index (χ1v) is 6.81. The van der Waals surface area contributed by atoms with Gasteiger partial charge >= 0.3 is 0 Å². The van der Waals surface area contributed by atoms with E-state index in [4.69, 9.17) is 5.73 Å². The van der Waals surface area contributed by atoms with Gasteiger partial charge in [0, 0.05) is 11.8 Å². The van der Waals surface area contributed by atoms with Gasteiger partial charge in [0.25, 0.3) is 11.5 Å². The van der Waals surface area contributed by atoms with Crippen LogP contribution >= 0.6 is 0 Å². The second kappa shape index (κ2) is 6.10. The fourth-order valence-corrected chi connectivity index (χ4v) is 2.17. The Kier molecular flexibility index (Phi) is 3.84. The van der Waals surface area contributed by atoms with Gasteiger partial charge < -0.3 is 16.0 Å². The van der Waals surface area contributed by atoms with Crippen molar-refractivity contribution in [3.05, 3.63) is 71.0 Å². The van der Waals surface area contributed by atoms with Crippen molar-refractivity contribution in [2.75, 3.05) is 5.32 Å². The van der Waals surface area contributed by atoms with E-state index in [2.05, 4.69) is 20.3 Å². The molecule has 0 atom stereocenters. The van der Waals surface area contributed by atoms with Crippen molar-refractivity contribution in [3.8, 4) is 11.1 Å². The minimum Gasteiger partial charge on any atom is -0.364 e. The number of rotatable bonds is 4. The first kappa shape index (κ1) is 14.5. The Morgan fingerprint density at radius 2 is 1.96 bits per heavy atom. The molecule has 0 spiro atoms. The molecule has 0 aliphatic carbocycles. The molecule has 114 valence electrons. The smallest absolute Gasteiger partial charge is 0.272 e. The van der Waals surface area contributed by atoms with Crippen molar-refractivity contribution < 1.29 is 4.79 Å². The molecule has 0 bridgehead atoms. The fraction of sp³-hybridized carbons (Fsp3) is 0. The normalized spacial score (nSPS) is 10.3. The summed E-state index contributed by atoms with van der Waals surface area (Å²) in [6.45, 7) is 0. The highest BCUT2D eigenvalue weighted by molar-refractivity contribution is 5.98. The van der Waals surface area contributed by atoms with Crippen LogP contribution in [0.5, 0.6) is 0 Å². The number of pyridine rings is 1. The standard InChI is InChI=1S/C16H13N5O2/c17-15(22)14-11(10-4-2-1-3-5-10)8-12(16(23)21-14)20-13-6-7-18-9-19-13/h1-9H,(H2,17,22)(H,21,23)(H,18,19,20). The van der Waals surface area contributed by atoms with Gasteiger partial charge in [0.1, 0.15) is 23.5 Å². The van der Waals surface area contributed by atoms with Gasteiger partial charge in [0.15, 0.2) is 0 Å². The van der Waals surface area contributed by atoms with Crippen LogP contribution in [0, 0.1) is 0 Å². The monoisotopic (exact) mass is 307 g/mol. The molecule has 0 radical (unpaired) electrons. The number of nitrogens with two attached hydrogens (primary N) is 1. The maximum absolute atomic E-state index is 12.2. The number of anilines is 2. The quantitative estimate of drug-likeness (QED) is 0.678. The highest BCUT2D eigenvalue weighted by Crippen LogP contribution is 2.24. The first-order valence-electron chi connectivity index (χ1n) is 6.81. The lowest BCUT2D eigenvalue weighted by Gasteiger charge is -2.10. The Bertz CT molecular complexity index is 891. The van der Waals surface area contributed by atoms with Crippen LogP contribution in [0.1, 0.15) is 10.5 Å². The molecule has 7 heteroatoms. The second-order valence-electron chi connectivity index (χ2n) is 4.75. The molecular formula is C16H13N5O2. The first-order chi connectivity index (χ1) is 11.1. The van der Waals surface area contributed by atoms with Crippen LogP contribution in [0.25, 0.3) is 11.1 Å². The zero-order valence-corrected chi connectivity index (χ0v) is 12.0. The molecule has 0 unspecified atom stereocenters. The molecule has 23 heavy (non-hydrogen) atoms. The molecule has 0 saturated carbocycles. The van der Waals surface area contributed by atoms with E-state index >= 15 is 0 Å². The van der Waals surface area contributed by atoms with E-state index in [1.54, 1.807) is 18.3 Å². The van der Waals surface area contributed by atoms with Gasteiger partial charge in [0.2, 0.25) is 0 Å². The number of H-pyrrole nitrogens is 1. The Morgan fingerprint density at radius 3 is 2.61 bits per heavy atom. The zero-order chi connectivity index (χ0) is 16.2. The van der Waals surface area contributed by atoms with Crippen LogP contribution in [0.3, 0.4) is 0 Å². The molecule has 1 amide bonds. The molecule has 1 aromatic carbocycles. The number of carbonyl (C=O) groups is 1. The number of carbonyl (C=O) groups excluding carboxylic acids is 1. The lowest BCUT2D eigenvalue weighted by molar-refractivity contribution is 0.0996. The van der Waals surface area contributed by atoms with Crippen molar-refractivity contribution in [2.45, 2.75) is 0 Å². The van der Waals surface area contributed by atoms with Gasteiger partial charge in [-0.05, 0) is 17.7 Å². The van der Waals surface area contributed by atoms with Gasteiger partial charge in [-0.3, -0.25) is 9.59 Å². The Hall–Kier alpha value is -3.48. The summed E-state index contributed by atoms with van der Waals surface area (Å²) >= 11 is 0. The lowest BCUT2D eigenvalue weighted by atomic mass is 10.0. The van der Waals surface area contributed by atoms with Crippen molar-refractivity contribution >= 4 is 17.4 Å². The SMILES string of the molecule is NC(=O)c1[nH]c(=O)c(Nc2ccncn2)cc1-c1ccccc1. The average Bonchev–Trinajstić information content (AvgIpc) is 2.58. The van der Waals surface area contributed by atoms with E-state index < -0.39 is 11.5 Å². The molecule has 7 nitrogen and oxygen atoms in total. The third-order valence-corrected chi connectivity index (χ3v) is 3.22. The van der Waals surface area contributed by atoms with E-state index in [0.717, 1.165) is 5.56 Å². The van der Waals surface area contributed by atoms with Crippen molar-refractivity contribution in [1.82, 2.24) is 15.0 Å². The van der Waals surface area contributed by atoms with Gasteiger partial charge in [-0.15, -0.1) is 0 Å². The summed E-state index contributed by atoms with van der Waals surface area (Å²) in [6.07, 6.45) is 2.92. The highest BCUT2D eigenvalue weighted by Gasteiger charge is 2.14. The van der Waals surface area contributed by atoms with E-state index in [1.165, 1.54) is 6.33 Å². The summed E-state index contributed by atoms with van der Waals surface area (Å²) in [5, 5.41) is 2.90. The minimum absolute atomic E-state index is 0.0643. The number of primary amides is 1. The largest absolute Gasteiger partial charge is 0.364 e. The predicted octanol–water partition coefficient (Wildman–Crippen LogP) is 1.67. The average molecular weight is 307 g/mol. The maximum Gasteiger partial charge on any atom is 0.272 e. The fourth-order valence-electron chi connectivity index (χ4n) is 2.17. The molecule has 4 N–H and O–H groups in total. The van der Waals surface area contributed by atoms with Crippen LogP contribution in [-0.4, -0.2) is 20.9 Å². The van der Waals surface area contributed by atoms with Gasteiger partial charge in [-0.25, -0.2) is 9.97 Å². The second-order valence-corrected chi connectivity index (χ2v) is 4.75. The van der Waals surface area contributed by atoms with E-state index in [0.29, 0.717) is 11.4 Å². The molecule has 2 heterocycles. The van der Waals surface area contributed by atoms with Crippen molar-refractivity contribution in [3.63, 3.8) is 0 Å². The molecule has 3 aromatic rings. The number of hydrogen-bond donors (Lipinski definition) is 3. The van der Waals surface area contributed by atoms with Crippen LogP contribution in [0.4, 0.5) is 11.5 Å². The van der Waals surface area contributed by atoms with Crippen molar-refractivity contribution in [2.24, 2.45) is 5.73 Å². The van der Waals surface area contributed by atoms with Crippen LogP contribution in [0.15, 0.2) is 59.8 Å². The van der Waals surface area contributed by atoms with E-state index in [1.807, 2.05) is 30.3 Å². The van der Waals surface area contributed by atoms with Gasteiger partial charge in [0.05, 0.1) is 0 Å². The summed E-state index contributed by atoms with van der Waals surface area (Å²) in [7, 11) is 0. The number of aromatic nitrogens is 3. The van der Waals surface area contributed by atoms with Crippen LogP contribution < -0.4 is 16.6 Å². The molecule has 3 rings (SSSR count). The summed E-state index contributed by atoms with van der Waals surface area (Å²) in [4.78, 5) is 34.1. The third kappa shape index (κ3) is 3.08. The minimum atomic E-state index is -0.700. The maximum atomic E-state index is 12.2. The summed E-state index contributed by atoms with van der Waals surface area (Å²) in [5.41, 5.74) is 6.54. The number of nitrogens with zero attached hydrogens (tertiary/aromatic N) is 2.